The van der Waals surface area contributed by atoms with Crippen LogP contribution in [0, 0.1) is 5.92 Å². The van der Waals surface area contributed by atoms with Gasteiger partial charge in [0.15, 0.2) is 0 Å². The molecule has 9 heteroatoms. The Hall–Kier alpha value is -3.17. The van der Waals surface area contributed by atoms with Crippen LogP contribution < -0.4 is 4.72 Å². The third kappa shape index (κ3) is 4.79. The molecule has 0 aliphatic carbocycles. The number of carbonyl (C=O) groups is 2. The number of nitrogens with zero attached hydrogens (tertiary/aromatic N) is 2. The largest absolute Gasteiger partial charge is 0.445 e. The van der Waals surface area contributed by atoms with Crippen molar-refractivity contribution in [2.45, 2.75) is 38.1 Å². The maximum Gasteiger partial charge on any atom is 0.410 e. The minimum absolute atomic E-state index is 0.0687. The molecular formula is C24H27N3O5S. The first kappa shape index (κ1) is 23.0. The Labute approximate surface area is 194 Å². The van der Waals surface area contributed by atoms with Crippen LogP contribution in [0.3, 0.4) is 0 Å². The topological polar surface area (TPSA) is 96.0 Å². The average Bonchev–Trinajstić information content (AvgIpc) is 3.36. The minimum Gasteiger partial charge on any atom is -0.445 e. The van der Waals surface area contributed by atoms with E-state index in [0.29, 0.717) is 13.0 Å². The third-order valence-corrected chi connectivity index (χ3v) is 7.57. The molecule has 0 bridgehead atoms. The fraction of sp³-hybridized carbons (Fsp3) is 0.333. The Morgan fingerprint density at radius 1 is 1.09 bits per heavy atom. The summed E-state index contributed by atoms with van der Waals surface area (Å²) in [5.74, 6) is -1.21. The average molecular weight is 470 g/mol. The van der Waals surface area contributed by atoms with Crippen molar-refractivity contribution in [2.75, 3.05) is 6.54 Å². The van der Waals surface area contributed by atoms with Gasteiger partial charge in [0.25, 0.3) is 0 Å². The molecule has 0 aromatic heterocycles. The van der Waals surface area contributed by atoms with Gasteiger partial charge in [-0.25, -0.2) is 9.10 Å². The highest BCUT2D eigenvalue weighted by atomic mass is 32.2. The molecule has 2 amide bonds. The van der Waals surface area contributed by atoms with Gasteiger partial charge in [0.1, 0.15) is 6.61 Å². The van der Waals surface area contributed by atoms with Crippen LogP contribution in [0.2, 0.25) is 0 Å². The summed E-state index contributed by atoms with van der Waals surface area (Å²) in [5, 5.41) is 0. The van der Waals surface area contributed by atoms with Gasteiger partial charge >= 0.3 is 16.3 Å². The summed E-state index contributed by atoms with van der Waals surface area (Å²) in [6, 6.07) is 17.2. The molecule has 1 N–H and O–H groups in total. The van der Waals surface area contributed by atoms with E-state index in [1.165, 1.54) is 4.90 Å². The number of hydrogen-bond acceptors (Lipinski definition) is 5. The summed E-state index contributed by atoms with van der Waals surface area (Å²) in [4.78, 5) is 27.6. The molecule has 174 valence electrons. The molecule has 2 aliphatic heterocycles. The van der Waals surface area contributed by atoms with Gasteiger partial charge < -0.3 is 9.64 Å². The van der Waals surface area contributed by atoms with E-state index in [2.05, 4.69) is 11.3 Å². The van der Waals surface area contributed by atoms with Crippen molar-refractivity contribution in [3.63, 3.8) is 0 Å². The van der Waals surface area contributed by atoms with Crippen molar-refractivity contribution in [3.8, 4) is 0 Å². The summed E-state index contributed by atoms with van der Waals surface area (Å²) in [5.41, 5.74) is 1.63. The number of ether oxygens (including phenoxy) is 1. The van der Waals surface area contributed by atoms with Crippen LogP contribution in [0.1, 0.15) is 24.0 Å². The van der Waals surface area contributed by atoms with E-state index in [1.807, 2.05) is 48.5 Å². The monoisotopic (exact) mass is 469 g/mol. The van der Waals surface area contributed by atoms with Crippen LogP contribution >= 0.6 is 0 Å². The summed E-state index contributed by atoms with van der Waals surface area (Å²) < 4.78 is 35.2. The quantitative estimate of drug-likeness (QED) is 0.600. The highest BCUT2D eigenvalue weighted by Crippen LogP contribution is 2.40. The number of hydrogen-bond donors (Lipinski definition) is 1. The lowest BCUT2D eigenvalue weighted by atomic mass is 9.96. The van der Waals surface area contributed by atoms with E-state index in [-0.39, 0.29) is 19.6 Å². The zero-order chi connectivity index (χ0) is 23.4. The van der Waals surface area contributed by atoms with Crippen molar-refractivity contribution in [2.24, 2.45) is 5.92 Å². The Kier molecular flexibility index (Phi) is 6.80. The van der Waals surface area contributed by atoms with E-state index >= 15 is 0 Å². The zero-order valence-electron chi connectivity index (χ0n) is 18.2. The SMILES string of the molecule is C=CC[C@H]1C(=O)N(S(=O)(=O)NCc2ccccc2)[C@H]2CCN(C(=O)OCc3ccccc3)[C@H]12. The lowest BCUT2D eigenvalue weighted by Crippen LogP contribution is -2.47. The maximum absolute atomic E-state index is 13.2. The molecule has 0 saturated carbocycles. The molecule has 8 nitrogen and oxygen atoms in total. The number of likely N-dealkylation sites (tertiary alicyclic amines) is 1. The number of nitrogens with one attached hydrogen (secondary N) is 1. The molecule has 0 radical (unpaired) electrons. The molecule has 33 heavy (non-hydrogen) atoms. The molecule has 2 fully saturated rings. The molecule has 4 rings (SSSR count). The molecule has 2 saturated heterocycles. The fourth-order valence-electron chi connectivity index (χ4n) is 4.58. The van der Waals surface area contributed by atoms with E-state index in [0.717, 1.165) is 15.4 Å². The van der Waals surface area contributed by atoms with E-state index < -0.39 is 40.2 Å². The number of carbonyl (C=O) groups excluding carboxylic acids is 2. The van der Waals surface area contributed by atoms with E-state index in [1.54, 1.807) is 18.2 Å². The summed E-state index contributed by atoms with van der Waals surface area (Å²) in [6.45, 7) is 4.20. The first-order valence-electron chi connectivity index (χ1n) is 10.9. The van der Waals surface area contributed by atoms with Crippen LogP contribution in [0.4, 0.5) is 4.79 Å². The first-order chi connectivity index (χ1) is 15.9. The van der Waals surface area contributed by atoms with Crippen molar-refractivity contribution >= 4 is 22.2 Å². The van der Waals surface area contributed by atoms with Gasteiger partial charge in [0, 0.05) is 13.1 Å². The molecule has 0 unspecified atom stereocenters. The Morgan fingerprint density at radius 2 is 1.73 bits per heavy atom. The van der Waals surface area contributed by atoms with Crippen LogP contribution in [-0.4, -0.2) is 48.3 Å². The molecule has 2 aromatic carbocycles. The predicted octanol–water partition coefficient (Wildman–Crippen LogP) is 2.84. The van der Waals surface area contributed by atoms with Gasteiger partial charge in [-0.15, -0.1) is 6.58 Å². The van der Waals surface area contributed by atoms with E-state index in [9.17, 15) is 18.0 Å². The third-order valence-electron chi connectivity index (χ3n) is 6.09. The highest BCUT2D eigenvalue weighted by Gasteiger charge is 2.58. The second-order valence-corrected chi connectivity index (χ2v) is 9.79. The standard InChI is InChI=1S/C24H27N3O5S/c1-2-9-20-22-21(14-15-26(22)24(29)32-17-19-12-7-4-8-13-19)27(23(20)28)33(30,31)25-16-18-10-5-3-6-11-18/h2-8,10-13,20-22,25H,1,9,14-17H2/t20-,21+,22-/m1/s1. The summed E-state index contributed by atoms with van der Waals surface area (Å²) >= 11 is 0. The van der Waals surface area contributed by atoms with Crippen molar-refractivity contribution in [1.82, 2.24) is 13.9 Å². The van der Waals surface area contributed by atoms with Crippen molar-refractivity contribution in [3.05, 3.63) is 84.4 Å². The number of allylic oxidation sites excluding steroid dienone is 1. The smallest absolute Gasteiger partial charge is 0.410 e. The number of benzene rings is 2. The number of amides is 2. The van der Waals surface area contributed by atoms with Crippen LogP contribution in [-0.2, 0) is 32.9 Å². The first-order valence-corrected chi connectivity index (χ1v) is 12.3. The molecule has 0 spiro atoms. The second kappa shape index (κ2) is 9.76. The minimum atomic E-state index is -4.10. The Bertz CT molecular complexity index is 1110. The van der Waals surface area contributed by atoms with Gasteiger partial charge in [-0.2, -0.15) is 13.1 Å². The van der Waals surface area contributed by atoms with Gasteiger partial charge in [-0.05, 0) is 24.0 Å². The molecular weight excluding hydrogens is 442 g/mol. The van der Waals surface area contributed by atoms with Gasteiger partial charge in [-0.3, -0.25) is 4.79 Å². The second-order valence-electron chi connectivity index (χ2n) is 8.16. The number of fused-ring (bicyclic) bond motifs is 1. The van der Waals surface area contributed by atoms with Crippen LogP contribution in [0.15, 0.2) is 73.3 Å². The Morgan fingerprint density at radius 3 is 2.36 bits per heavy atom. The lowest BCUT2D eigenvalue weighted by Gasteiger charge is -2.26. The Balaban J connectivity index is 1.50. The maximum atomic E-state index is 13.2. The molecule has 2 aliphatic rings. The molecule has 2 heterocycles. The van der Waals surface area contributed by atoms with Gasteiger partial charge in [0.2, 0.25) is 5.91 Å². The van der Waals surface area contributed by atoms with Gasteiger partial charge in [0.05, 0.1) is 18.0 Å². The van der Waals surface area contributed by atoms with Crippen molar-refractivity contribution in [1.29, 1.82) is 0 Å². The van der Waals surface area contributed by atoms with Gasteiger partial charge in [-0.1, -0.05) is 66.7 Å². The predicted molar refractivity (Wildman–Crippen MR) is 123 cm³/mol. The van der Waals surface area contributed by atoms with Crippen LogP contribution in [0.25, 0.3) is 0 Å². The molecule has 2 aromatic rings. The summed E-state index contributed by atoms with van der Waals surface area (Å²) in [6.07, 6.45) is 1.66. The number of rotatable bonds is 8. The van der Waals surface area contributed by atoms with E-state index in [4.69, 9.17) is 4.74 Å². The highest BCUT2D eigenvalue weighted by molar-refractivity contribution is 7.87. The van der Waals surface area contributed by atoms with Crippen LogP contribution in [0.5, 0.6) is 0 Å². The zero-order valence-corrected chi connectivity index (χ0v) is 19.0. The fourth-order valence-corrected chi connectivity index (χ4v) is 6.03. The molecule has 3 atom stereocenters. The van der Waals surface area contributed by atoms with Crippen molar-refractivity contribution < 1.29 is 22.7 Å². The summed E-state index contributed by atoms with van der Waals surface area (Å²) in [7, 11) is -4.10. The normalized spacial score (nSPS) is 22.3. The lowest BCUT2D eigenvalue weighted by molar-refractivity contribution is -0.128.